The molecule has 0 bridgehead atoms. The summed E-state index contributed by atoms with van der Waals surface area (Å²) in [6, 6.07) is 3.05. The van der Waals surface area contributed by atoms with Gasteiger partial charge in [0.1, 0.15) is 10.5 Å². The minimum atomic E-state index is -3.47. The highest BCUT2D eigenvalue weighted by molar-refractivity contribution is 7.91. The first-order chi connectivity index (χ1) is 8.49. The second kappa shape index (κ2) is 7.23. The lowest BCUT2D eigenvalue weighted by atomic mass is 10.0. The van der Waals surface area contributed by atoms with E-state index in [-0.39, 0.29) is 10.1 Å². The van der Waals surface area contributed by atoms with Crippen molar-refractivity contribution in [2.45, 2.75) is 30.4 Å². The number of thiophene rings is 1. The van der Waals surface area contributed by atoms with Gasteiger partial charge in [-0.25, -0.2) is 13.1 Å². The first kappa shape index (κ1) is 15.6. The zero-order valence-electron chi connectivity index (χ0n) is 10.1. The number of sulfonamides is 1. The molecule has 1 heterocycles. The molecule has 0 unspecified atom stereocenters. The van der Waals surface area contributed by atoms with Gasteiger partial charge in [-0.05, 0) is 24.5 Å². The molecule has 0 amide bonds. The second-order valence-corrected chi connectivity index (χ2v) is 7.64. The van der Waals surface area contributed by atoms with Crippen LogP contribution in [0.25, 0.3) is 0 Å². The lowest BCUT2D eigenvalue weighted by Crippen LogP contribution is -2.28. The molecule has 0 aliphatic carbocycles. The van der Waals surface area contributed by atoms with Crippen molar-refractivity contribution >= 4 is 39.2 Å². The molecule has 1 rings (SSSR count). The van der Waals surface area contributed by atoms with E-state index in [1.54, 1.807) is 6.07 Å². The Labute approximate surface area is 116 Å². The highest BCUT2D eigenvalue weighted by Crippen LogP contribution is 2.25. The quantitative estimate of drug-likeness (QED) is 0.751. The molecular weight excluding hydrogens is 294 g/mol. The van der Waals surface area contributed by atoms with Crippen LogP contribution in [-0.2, 0) is 14.8 Å². The summed E-state index contributed by atoms with van der Waals surface area (Å²) < 4.78 is 27.0. The molecular formula is C11H16ClNO3S2. The predicted molar refractivity (Wildman–Crippen MR) is 73.6 cm³/mol. The van der Waals surface area contributed by atoms with E-state index in [1.807, 2.05) is 6.92 Å². The van der Waals surface area contributed by atoms with Gasteiger partial charge in [0.25, 0.3) is 0 Å². The Kier molecular flexibility index (Phi) is 6.28. The lowest BCUT2D eigenvalue weighted by molar-refractivity contribution is -0.108. The summed E-state index contributed by atoms with van der Waals surface area (Å²) in [4.78, 5) is 10.3. The summed E-state index contributed by atoms with van der Waals surface area (Å²) in [6.45, 7) is 2.33. The fraction of sp³-hybridized carbons (Fsp3) is 0.545. The van der Waals surface area contributed by atoms with Gasteiger partial charge in [-0.3, -0.25) is 0 Å². The Morgan fingerprint density at radius 3 is 2.72 bits per heavy atom. The zero-order chi connectivity index (χ0) is 13.6. The van der Waals surface area contributed by atoms with Crippen molar-refractivity contribution in [1.82, 2.24) is 4.72 Å². The third kappa shape index (κ3) is 4.68. The summed E-state index contributed by atoms with van der Waals surface area (Å²) >= 11 is 6.74. The van der Waals surface area contributed by atoms with E-state index in [1.165, 1.54) is 6.07 Å². The van der Waals surface area contributed by atoms with E-state index >= 15 is 0 Å². The molecule has 0 aliphatic heterocycles. The number of rotatable bonds is 8. The summed E-state index contributed by atoms with van der Waals surface area (Å²) in [5.41, 5.74) is 0. The zero-order valence-corrected chi connectivity index (χ0v) is 12.4. The molecule has 0 spiro atoms. The number of carbonyl (C=O) groups is 1. The highest BCUT2D eigenvalue weighted by Gasteiger charge is 2.18. The fourth-order valence-corrected chi connectivity index (χ4v) is 4.14. The normalized spacial score (nSPS) is 13.4. The highest BCUT2D eigenvalue weighted by atomic mass is 35.5. The van der Waals surface area contributed by atoms with Crippen molar-refractivity contribution < 1.29 is 13.2 Å². The van der Waals surface area contributed by atoms with Gasteiger partial charge >= 0.3 is 0 Å². The Morgan fingerprint density at radius 2 is 2.22 bits per heavy atom. The molecule has 1 atom stereocenters. The lowest BCUT2D eigenvalue weighted by Gasteiger charge is -2.13. The molecule has 7 heteroatoms. The molecule has 4 nitrogen and oxygen atoms in total. The number of aldehydes is 1. The molecule has 0 aliphatic rings. The molecule has 0 saturated heterocycles. The molecule has 0 radical (unpaired) electrons. The summed E-state index contributed by atoms with van der Waals surface area (Å²) in [5.74, 6) is 0.181. The number of hydrogen-bond acceptors (Lipinski definition) is 4. The third-order valence-electron chi connectivity index (χ3n) is 2.65. The Morgan fingerprint density at radius 1 is 1.50 bits per heavy atom. The minimum Gasteiger partial charge on any atom is -0.303 e. The largest absolute Gasteiger partial charge is 0.303 e. The Bertz CT molecular complexity index is 484. The van der Waals surface area contributed by atoms with Gasteiger partial charge in [0.15, 0.2) is 0 Å². The van der Waals surface area contributed by atoms with E-state index in [0.717, 1.165) is 24.0 Å². The smallest absolute Gasteiger partial charge is 0.250 e. The topological polar surface area (TPSA) is 63.2 Å². The van der Waals surface area contributed by atoms with Crippen LogP contribution in [0.2, 0.25) is 4.34 Å². The van der Waals surface area contributed by atoms with E-state index in [4.69, 9.17) is 11.6 Å². The van der Waals surface area contributed by atoms with Crippen LogP contribution in [0.1, 0.15) is 26.2 Å². The van der Waals surface area contributed by atoms with Crippen molar-refractivity contribution in [2.24, 2.45) is 5.92 Å². The van der Waals surface area contributed by atoms with Crippen LogP contribution in [0, 0.1) is 5.92 Å². The molecule has 1 aromatic heterocycles. The van der Waals surface area contributed by atoms with Crippen molar-refractivity contribution in [3.63, 3.8) is 0 Å². The average Bonchev–Trinajstić information content (AvgIpc) is 2.77. The van der Waals surface area contributed by atoms with E-state index in [0.29, 0.717) is 23.7 Å². The van der Waals surface area contributed by atoms with Crippen LogP contribution in [0.5, 0.6) is 0 Å². The van der Waals surface area contributed by atoms with Gasteiger partial charge in [-0.2, -0.15) is 0 Å². The maximum absolute atomic E-state index is 11.9. The van der Waals surface area contributed by atoms with Crippen molar-refractivity contribution in [3.8, 4) is 0 Å². The SMILES string of the molecule is CC[C@@H](CCC=O)CNS(=O)(=O)c1ccc(Cl)s1. The van der Waals surface area contributed by atoms with Crippen molar-refractivity contribution in [1.29, 1.82) is 0 Å². The maximum Gasteiger partial charge on any atom is 0.250 e. The van der Waals surface area contributed by atoms with Crippen molar-refractivity contribution in [2.75, 3.05) is 6.54 Å². The van der Waals surface area contributed by atoms with Crippen LogP contribution in [0.3, 0.4) is 0 Å². The number of hydrogen-bond donors (Lipinski definition) is 1. The van der Waals surface area contributed by atoms with Gasteiger partial charge in [0.05, 0.1) is 4.34 Å². The fourth-order valence-electron chi connectivity index (χ4n) is 1.50. The second-order valence-electron chi connectivity index (χ2n) is 3.93. The van der Waals surface area contributed by atoms with E-state index in [2.05, 4.69) is 4.72 Å². The Hall–Kier alpha value is -0.430. The molecule has 1 aromatic rings. The van der Waals surface area contributed by atoms with Crippen LogP contribution in [-0.4, -0.2) is 21.2 Å². The summed E-state index contributed by atoms with van der Waals surface area (Å²) in [7, 11) is -3.47. The minimum absolute atomic E-state index is 0.181. The third-order valence-corrected chi connectivity index (χ3v) is 5.79. The van der Waals surface area contributed by atoms with Crippen LogP contribution in [0.4, 0.5) is 0 Å². The average molecular weight is 310 g/mol. The molecule has 18 heavy (non-hydrogen) atoms. The maximum atomic E-state index is 11.9. The first-order valence-corrected chi connectivity index (χ1v) is 8.36. The summed E-state index contributed by atoms with van der Waals surface area (Å²) in [6.07, 6.45) is 2.86. The van der Waals surface area contributed by atoms with Crippen molar-refractivity contribution in [3.05, 3.63) is 16.5 Å². The molecule has 0 aromatic carbocycles. The van der Waals surface area contributed by atoms with E-state index < -0.39 is 10.0 Å². The van der Waals surface area contributed by atoms with Crippen LogP contribution in [0.15, 0.2) is 16.3 Å². The molecule has 1 N–H and O–H groups in total. The van der Waals surface area contributed by atoms with Crippen LogP contribution < -0.4 is 4.72 Å². The molecule has 0 saturated carbocycles. The van der Waals surface area contributed by atoms with Gasteiger partial charge < -0.3 is 4.79 Å². The number of nitrogens with one attached hydrogen (secondary N) is 1. The standard InChI is InChI=1S/C11H16ClNO3S2/c1-2-9(4-3-7-14)8-13-18(15,16)11-6-5-10(12)17-11/h5-7,9,13H,2-4,8H2,1H3/t9-/m0/s1. The van der Waals surface area contributed by atoms with Gasteiger partial charge in [0.2, 0.25) is 10.0 Å². The van der Waals surface area contributed by atoms with Gasteiger partial charge in [-0.15, -0.1) is 11.3 Å². The van der Waals surface area contributed by atoms with Gasteiger partial charge in [0, 0.05) is 13.0 Å². The monoisotopic (exact) mass is 309 g/mol. The van der Waals surface area contributed by atoms with E-state index in [9.17, 15) is 13.2 Å². The number of halogens is 1. The Balaban J connectivity index is 2.58. The molecule has 0 fully saturated rings. The number of carbonyl (C=O) groups excluding carboxylic acids is 1. The van der Waals surface area contributed by atoms with Crippen LogP contribution >= 0.6 is 22.9 Å². The predicted octanol–water partition coefficient (Wildman–Crippen LogP) is 2.69. The van der Waals surface area contributed by atoms with Gasteiger partial charge in [-0.1, -0.05) is 24.9 Å². The first-order valence-electron chi connectivity index (χ1n) is 5.68. The molecule has 102 valence electrons. The summed E-state index contributed by atoms with van der Waals surface area (Å²) in [5, 5.41) is 0.